The van der Waals surface area contributed by atoms with E-state index in [1.807, 2.05) is 13.8 Å². The molecule has 0 aromatic carbocycles. The molecule has 0 aliphatic carbocycles. The first-order valence-corrected chi connectivity index (χ1v) is 6.69. The molecule has 0 aliphatic heterocycles. The molecule has 18 heavy (non-hydrogen) atoms. The van der Waals surface area contributed by atoms with Crippen molar-refractivity contribution in [2.24, 2.45) is 0 Å². The molecule has 0 aliphatic rings. The zero-order valence-corrected chi connectivity index (χ0v) is 11.7. The van der Waals surface area contributed by atoms with Crippen molar-refractivity contribution in [3.8, 4) is 0 Å². The van der Waals surface area contributed by atoms with Gasteiger partial charge in [0.1, 0.15) is 11.5 Å². The lowest BCUT2D eigenvalue weighted by molar-refractivity contribution is 0.126. The molecule has 1 N–H and O–H groups in total. The van der Waals surface area contributed by atoms with Gasteiger partial charge in [-0.3, -0.25) is 0 Å². The Balaban J connectivity index is 2.39. The Hall–Kier alpha value is -0.590. The number of hydrogen-bond acceptors (Lipinski definition) is 4. The second kappa shape index (κ2) is 7.11. The molecule has 0 saturated heterocycles. The minimum atomic E-state index is -2.36. The number of alkyl halides is 2. The number of hydrogen-bond donors (Lipinski definition) is 1. The highest BCUT2D eigenvalue weighted by Crippen LogP contribution is 2.21. The molecule has 1 aromatic rings. The van der Waals surface area contributed by atoms with E-state index in [0.717, 1.165) is 5.76 Å². The van der Waals surface area contributed by atoms with Crippen molar-refractivity contribution in [2.45, 2.75) is 37.4 Å². The second-order valence-electron chi connectivity index (χ2n) is 4.61. The maximum absolute atomic E-state index is 12.0. The van der Waals surface area contributed by atoms with Crippen LogP contribution >= 0.6 is 11.8 Å². The fourth-order valence-corrected chi connectivity index (χ4v) is 1.92. The third-order valence-corrected chi connectivity index (χ3v) is 3.02. The third kappa shape index (κ3) is 5.84. The van der Waals surface area contributed by atoms with Gasteiger partial charge in [0.15, 0.2) is 0 Å². The van der Waals surface area contributed by atoms with Crippen LogP contribution in [0.5, 0.6) is 0 Å². The largest absolute Gasteiger partial charge is 0.464 e. The summed E-state index contributed by atoms with van der Waals surface area (Å²) in [6.45, 7) is 5.18. The van der Waals surface area contributed by atoms with Crippen molar-refractivity contribution in [3.63, 3.8) is 0 Å². The van der Waals surface area contributed by atoms with Crippen LogP contribution in [0, 0.1) is 0 Å². The normalized spacial score (nSPS) is 12.3. The van der Waals surface area contributed by atoms with E-state index in [-0.39, 0.29) is 11.3 Å². The average molecular weight is 279 g/mol. The summed E-state index contributed by atoms with van der Waals surface area (Å²) in [6, 6.07) is 3.53. The minimum absolute atomic E-state index is 0.153. The van der Waals surface area contributed by atoms with Gasteiger partial charge >= 0.3 is 0 Å². The van der Waals surface area contributed by atoms with Gasteiger partial charge in [-0.05, 0) is 26.0 Å². The number of furan rings is 1. The maximum Gasteiger partial charge on any atom is 0.284 e. The van der Waals surface area contributed by atoms with Crippen LogP contribution in [0.3, 0.4) is 0 Å². The van der Waals surface area contributed by atoms with Crippen LogP contribution in [0.1, 0.15) is 25.4 Å². The molecule has 3 nitrogen and oxygen atoms in total. The molecular weight excluding hydrogens is 260 g/mol. The molecule has 0 amide bonds. The number of nitrogens with one attached hydrogen (secondary N) is 1. The molecule has 0 bridgehead atoms. The topological polar surface area (TPSA) is 34.4 Å². The lowest BCUT2D eigenvalue weighted by Gasteiger charge is -2.24. The molecule has 0 saturated carbocycles. The summed E-state index contributed by atoms with van der Waals surface area (Å²) in [4.78, 5) is 0. The molecule has 1 rings (SSSR count). The Morgan fingerprint density at radius 2 is 2.06 bits per heavy atom. The smallest absolute Gasteiger partial charge is 0.284 e. The summed E-state index contributed by atoms with van der Waals surface area (Å²) < 4.78 is 34.6. The Kier molecular flexibility index (Phi) is 6.11. The monoisotopic (exact) mass is 279 g/mol. The van der Waals surface area contributed by atoms with Gasteiger partial charge in [-0.15, -0.1) is 0 Å². The van der Waals surface area contributed by atoms with Crippen molar-refractivity contribution < 1.29 is 17.9 Å². The highest BCUT2D eigenvalue weighted by Gasteiger charge is 2.17. The summed E-state index contributed by atoms with van der Waals surface area (Å²) in [5.74, 6) is -0.859. The van der Waals surface area contributed by atoms with Crippen molar-refractivity contribution in [1.82, 2.24) is 5.32 Å². The summed E-state index contributed by atoms with van der Waals surface area (Å²) in [7, 11) is 1.65. The highest BCUT2D eigenvalue weighted by atomic mass is 32.2. The van der Waals surface area contributed by atoms with Gasteiger partial charge in [-0.25, -0.2) is 0 Å². The van der Waals surface area contributed by atoms with Gasteiger partial charge < -0.3 is 14.5 Å². The van der Waals surface area contributed by atoms with E-state index in [1.54, 1.807) is 19.2 Å². The lowest BCUT2D eigenvalue weighted by atomic mass is 10.1. The van der Waals surface area contributed by atoms with E-state index in [1.165, 1.54) is 0 Å². The van der Waals surface area contributed by atoms with Crippen LogP contribution in [0.4, 0.5) is 8.78 Å². The Bertz CT molecular complexity index is 356. The van der Waals surface area contributed by atoms with Crippen molar-refractivity contribution in [3.05, 3.63) is 23.7 Å². The van der Waals surface area contributed by atoms with Crippen LogP contribution in [-0.4, -0.2) is 25.0 Å². The summed E-state index contributed by atoms with van der Waals surface area (Å²) >= 11 is 0.562. The summed E-state index contributed by atoms with van der Waals surface area (Å²) in [5.41, 5.74) is -0.153. The summed E-state index contributed by atoms with van der Waals surface area (Å²) in [6.07, 6.45) is 0. The number of ether oxygens (including phenoxy) is 1. The quantitative estimate of drug-likeness (QED) is 0.792. The van der Waals surface area contributed by atoms with E-state index in [9.17, 15) is 8.78 Å². The van der Waals surface area contributed by atoms with Gasteiger partial charge in [0.05, 0.1) is 18.9 Å². The lowest BCUT2D eigenvalue weighted by Crippen LogP contribution is -2.42. The summed E-state index contributed by atoms with van der Waals surface area (Å²) in [5, 5.41) is 3.28. The fourth-order valence-electron chi connectivity index (χ4n) is 1.48. The van der Waals surface area contributed by atoms with Crippen molar-refractivity contribution in [2.75, 3.05) is 13.7 Å². The van der Waals surface area contributed by atoms with Gasteiger partial charge in [-0.1, -0.05) is 11.8 Å². The molecule has 104 valence electrons. The fraction of sp³-hybridized carbons (Fsp3) is 0.667. The van der Waals surface area contributed by atoms with E-state index < -0.39 is 5.76 Å². The van der Waals surface area contributed by atoms with Crippen molar-refractivity contribution in [1.29, 1.82) is 0 Å². The highest BCUT2D eigenvalue weighted by molar-refractivity contribution is 7.98. The second-order valence-corrected chi connectivity index (χ2v) is 5.59. The van der Waals surface area contributed by atoms with E-state index in [0.29, 0.717) is 30.7 Å². The van der Waals surface area contributed by atoms with Gasteiger partial charge in [-0.2, -0.15) is 8.78 Å². The maximum atomic E-state index is 12.0. The number of halogens is 2. The zero-order chi connectivity index (χ0) is 13.6. The SMILES string of the molecule is COCC(C)(C)NCc1ccc(CSC(F)F)o1. The van der Waals surface area contributed by atoms with Crippen LogP contribution in [0.2, 0.25) is 0 Å². The number of thioether (sulfide) groups is 1. The zero-order valence-electron chi connectivity index (χ0n) is 10.8. The molecule has 0 atom stereocenters. The standard InChI is InChI=1S/C12H19F2NO2S/c1-12(2,8-16-3)15-6-9-4-5-10(17-9)7-18-11(13)14/h4-5,11,15H,6-8H2,1-3H3. The molecule has 1 heterocycles. The van der Waals surface area contributed by atoms with Gasteiger partial charge in [0.2, 0.25) is 0 Å². The van der Waals surface area contributed by atoms with E-state index in [4.69, 9.17) is 9.15 Å². The molecule has 0 radical (unpaired) electrons. The average Bonchev–Trinajstić information content (AvgIpc) is 2.72. The molecule has 0 spiro atoms. The van der Waals surface area contributed by atoms with Crippen molar-refractivity contribution >= 4 is 11.8 Å². The number of methoxy groups -OCH3 is 1. The molecule has 0 fully saturated rings. The minimum Gasteiger partial charge on any atom is -0.464 e. The Morgan fingerprint density at radius 3 is 2.67 bits per heavy atom. The molecule has 6 heteroatoms. The molecule has 0 unspecified atom stereocenters. The molecule has 1 aromatic heterocycles. The van der Waals surface area contributed by atoms with E-state index in [2.05, 4.69) is 5.32 Å². The Morgan fingerprint density at radius 1 is 1.39 bits per heavy atom. The van der Waals surface area contributed by atoms with Crippen LogP contribution in [-0.2, 0) is 17.0 Å². The van der Waals surface area contributed by atoms with Crippen LogP contribution in [0.15, 0.2) is 16.5 Å². The van der Waals surface area contributed by atoms with Crippen LogP contribution in [0.25, 0.3) is 0 Å². The first kappa shape index (κ1) is 15.5. The van der Waals surface area contributed by atoms with Gasteiger partial charge in [0.25, 0.3) is 5.76 Å². The predicted octanol–water partition coefficient (Wildman–Crippen LogP) is 3.25. The first-order valence-electron chi connectivity index (χ1n) is 5.64. The Labute approximate surface area is 110 Å². The first-order chi connectivity index (χ1) is 8.43. The number of rotatable bonds is 8. The third-order valence-electron chi connectivity index (χ3n) is 2.32. The molecular formula is C12H19F2NO2S. The van der Waals surface area contributed by atoms with Crippen LogP contribution < -0.4 is 5.32 Å². The predicted molar refractivity (Wildman–Crippen MR) is 68.8 cm³/mol. The van der Waals surface area contributed by atoms with E-state index >= 15 is 0 Å². The van der Waals surface area contributed by atoms with Gasteiger partial charge in [0, 0.05) is 12.6 Å².